The van der Waals surface area contributed by atoms with Gasteiger partial charge in [-0.3, -0.25) is 4.72 Å². The van der Waals surface area contributed by atoms with E-state index >= 15 is 0 Å². The van der Waals surface area contributed by atoms with Crippen molar-refractivity contribution in [3.05, 3.63) is 52.0 Å². The van der Waals surface area contributed by atoms with Crippen LogP contribution in [0, 0.1) is 18.6 Å². The first-order chi connectivity index (χ1) is 9.70. The van der Waals surface area contributed by atoms with E-state index in [4.69, 9.17) is 5.73 Å². The van der Waals surface area contributed by atoms with E-state index in [1.165, 1.54) is 12.1 Å². The van der Waals surface area contributed by atoms with E-state index in [9.17, 15) is 17.2 Å². The molecule has 2 aromatic carbocycles. The van der Waals surface area contributed by atoms with Gasteiger partial charge in [0.15, 0.2) is 0 Å². The number of rotatable bonds is 3. The second-order valence-electron chi connectivity index (χ2n) is 4.38. The number of sulfonamides is 1. The van der Waals surface area contributed by atoms with Gasteiger partial charge in [-0.25, -0.2) is 17.2 Å². The second kappa shape index (κ2) is 5.61. The van der Waals surface area contributed by atoms with Crippen molar-refractivity contribution >= 4 is 37.3 Å². The number of hydrogen-bond acceptors (Lipinski definition) is 3. The molecule has 4 nitrogen and oxygen atoms in total. The van der Waals surface area contributed by atoms with Gasteiger partial charge in [0, 0.05) is 11.8 Å². The molecule has 0 atom stereocenters. The smallest absolute Gasteiger partial charge is 0.262 e. The molecule has 0 aliphatic carbocycles. The summed E-state index contributed by atoms with van der Waals surface area (Å²) in [4.78, 5) is -0.0924. The summed E-state index contributed by atoms with van der Waals surface area (Å²) in [6.07, 6.45) is 0. The largest absolute Gasteiger partial charge is 0.399 e. The number of nitrogen functional groups attached to an aromatic ring is 1. The van der Waals surface area contributed by atoms with Gasteiger partial charge in [-0.2, -0.15) is 0 Å². The van der Waals surface area contributed by atoms with Gasteiger partial charge in [-0.15, -0.1) is 0 Å². The summed E-state index contributed by atoms with van der Waals surface area (Å²) < 4.78 is 53.6. The molecule has 0 spiro atoms. The number of aryl methyl sites for hydroxylation is 1. The predicted molar refractivity (Wildman–Crippen MR) is 80.5 cm³/mol. The molecule has 0 fully saturated rings. The molecular weight excluding hydrogens is 366 g/mol. The maximum atomic E-state index is 13.7. The lowest BCUT2D eigenvalue weighted by atomic mass is 10.2. The topological polar surface area (TPSA) is 72.2 Å². The van der Waals surface area contributed by atoms with Crippen molar-refractivity contribution in [2.24, 2.45) is 0 Å². The van der Waals surface area contributed by atoms with Gasteiger partial charge in [0.2, 0.25) is 0 Å². The molecule has 0 saturated carbocycles. The van der Waals surface area contributed by atoms with Gasteiger partial charge in [-0.1, -0.05) is 6.07 Å². The van der Waals surface area contributed by atoms with Gasteiger partial charge < -0.3 is 5.73 Å². The van der Waals surface area contributed by atoms with Crippen molar-refractivity contribution in [3.63, 3.8) is 0 Å². The Morgan fingerprint density at radius 1 is 1.14 bits per heavy atom. The quantitative estimate of drug-likeness (QED) is 0.636. The molecule has 2 rings (SSSR count). The van der Waals surface area contributed by atoms with E-state index in [-0.39, 0.29) is 15.1 Å². The molecule has 0 bridgehead atoms. The highest BCUT2D eigenvalue weighted by Gasteiger charge is 2.20. The third-order valence-corrected chi connectivity index (χ3v) is 4.87. The number of nitrogens with two attached hydrogens (primary N) is 1. The highest BCUT2D eigenvalue weighted by atomic mass is 79.9. The van der Waals surface area contributed by atoms with Crippen LogP contribution in [-0.2, 0) is 10.0 Å². The van der Waals surface area contributed by atoms with Crippen LogP contribution in [0.2, 0.25) is 0 Å². The van der Waals surface area contributed by atoms with Crippen molar-refractivity contribution in [1.82, 2.24) is 0 Å². The summed E-state index contributed by atoms with van der Waals surface area (Å²) >= 11 is 2.82. The van der Waals surface area contributed by atoms with Gasteiger partial charge >= 0.3 is 0 Å². The average molecular weight is 377 g/mol. The summed E-state index contributed by atoms with van der Waals surface area (Å²) in [6, 6.07) is 5.94. The Morgan fingerprint density at radius 2 is 1.81 bits per heavy atom. The second-order valence-corrected chi connectivity index (χ2v) is 6.88. The lowest BCUT2D eigenvalue weighted by molar-refractivity contribution is 0.591. The van der Waals surface area contributed by atoms with Crippen molar-refractivity contribution in [2.45, 2.75) is 11.8 Å². The van der Waals surface area contributed by atoms with Crippen molar-refractivity contribution in [1.29, 1.82) is 0 Å². The van der Waals surface area contributed by atoms with Crippen LogP contribution in [0.15, 0.2) is 39.7 Å². The minimum absolute atomic E-state index is 0.0924. The number of hydrogen-bond donors (Lipinski definition) is 2. The van der Waals surface area contributed by atoms with Gasteiger partial charge in [-0.05, 0) is 46.6 Å². The molecule has 0 radical (unpaired) electrons. The van der Waals surface area contributed by atoms with Crippen molar-refractivity contribution in [2.75, 3.05) is 10.5 Å². The summed E-state index contributed by atoms with van der Waals surface area (Å²) in [5, 5.41) is 0. The average Bonchev–Trinajstić information content (AvgIpc) is 2.38. The normalized spacial score (nSPS) is 11.4. The Hall–Kier alpha value is -1.67. The Bertz CT molecular complexity index is 810. The Kier molecular flexibility index (Phi) is 4.20. The van der Waals surface area contributed by atoms with E-state index in [1.807, 2.05) is 4.72 Å². The molecule has 0 amide bonds. The zero-order valence-corrected chi connectivity index (χ0v) is 13.2. The van der Waals surface area contributed by atoms with Crippen LogP contribution in [0.3, 0.4) is 0 Å². The lowest BCUT2D eigenvalue weighted by Gasteiger charge is -2.12. The molecule has 0 heterocycles. The van der Waals surface area contributed by atoms with Crippen LogP contribution >= 0.6 is 15.9 Å². The summed E-state index contributed by atoms with van der Waals surface area (Å²) in [6.45, 7) is 1.58. The van der Waals surface area contributed by atoms with Crippen LogP contribution < -0.4 is 10.5 Å². The maximum absolute atomic E-state index is 13.7. The summed E-state index contributed by atoms with van der Waals surface area (Å²) in [5.74, 6) is -1.67. The summed E-state index contributed by atoms with van der Waals surface area (Å²) in [7, 11) is -4.07. The van der Waals surface area contributed by atoms with Crippen LogP contribution in [0.25, 0.3) is 0 Å². The molecule has 0 unspecified atom stereocenters. The maximum Gasteiger partial charge on any atom is 0.262 e. The number of nitrogens with one attached hydrogen (secondary N) is 1. The Labute approximate surface area is 129 Å². The van der Waals surface area contributed by atoms with Crippen molar-refractivity contribution in [3.8, 4) is 0 Å². The van der Waals surface area contributed by atoms with E-state index in [0.29, 0.717) is 5.56 Å². The molecular formula is C13H11BrF2N2O2S. The first kappa shape index (κ1) is 15.7. The zero-order valence-electron chi connectivity index (χ0n) is 10.8. The van der Waals surface area contributed by atoms with E-state index in [1.54, 1.807) is 13.0 Å². The molecule has 112 valence electrons. The minimum atomic E-state index is -4.07. The number of halogens is 3. The fraction of sp³-hybridized carbons (Fsp3) is 0.0769. The highest BCUT2D eigenvalue weighted by Crippen LogP contribution is 2.27. The fourth-order valence-electron chi connectivity index (χ4n) is 1.71. The molecule has 3 N–H and O–H groups in total. The van der Waals surface area contributed by atoms with E-state index in [2.05, 4.69) is 15.9 Å². The molecule has 0 saturated heterocycles. The van der Waals surface area contributed by atoms with Gasteiger partial charge in [0.05, 0.1) is 15.1 Å². The van der Waals surface area contributed by atoms with Crippen LogP contribution in [0.1, 0.15) is 5.56 Å². The fourth-order valence-corrected chi connectivity index (χ4v) is 3.36. The predicted octanol–water partition coefficient (Wildman–Crippen LogP) is 3.42. The Balaban J connectivity index is 2.47. The summed E-state index contributed by atoms with van der Waals surface area (Å²) in [5.41, 5.74) is 5.78. The molecule has 8 heteroatoms. The molecule has 0 aliphatic heterocycles. The van der Waals surface area contributed by atoms with Crippen LogP contribution in [0.4, 0.5) is 20.2 Å². The van der Waals surface area contributed by atoms with Crippen LogP contribution in [0.5, 0.6) is 0 Å². The molecule has 21 heavy (non-hydrogen) atoms. The highest BCUT2D eigenvalue weighted by molar-refractivity contribution is 9.10. The monoisotopic (exact) mass is 376 g/mol. The number of anilines is 2. The Morgan fingerprint density at radius 3 is 2.48 bits per heavy atom. The zero-order chi connectivity index (χ0) is 15.8. The SMILES string of the molecule is Cc1ccc(N)cc1S(=O)(=O)Nc1cc(F)c(Br)cc1F. The number of benzene rings is 2. The standard InChI is InChI=1S/C13H11BrF2N2O2S/c1-7-2-3-8(17)4-13(7)21(19,20)18-12-6-10(15)9(14)5-11(12)16/h2-6,18H,17H2,1H3. The van der Waals surface area contributed by atoms with Gasteiger partial charge in [0.1, 0.15) is 11.6 Å². The lowest BCUT2D eigenvalue weighted by Crippen LogP contribution is -2.15. The van der Waals surface area contributed by atoms with E-state index < -0.39 is 27.3 Å². The third kappa shape index (κ3) is 3.33. The van der Waals surface area contributed by atoms with E-state index in [0.717, 1.165) is 12.1 Å². The molecule has 0 aliphatic rings. The van der Waals surface area contributed by atoms with Gasteiger partial charge in [0.25, 0.3) is 10.0 Å². The first-order valence-electron chi connectivity index (χ1n) is 5.74. The molecule has 2 aromatic rings. The first-order valence-corrected chi connectivity index (χ1v) is 8.02. The van der Waals surface area contributed by atoms with Crippen molar-refractivity contribution < 1.29 is 17.2 Å². The van der Waals surface area contributed by atoms with Crippen LogP contribution in [-0.4, -0.2) is 8.42 Å². The third-order valence-electron chi connectivity index (χ3n) is 2.76. The molecule has 0 aromatic heterocycles. The minimum Gasteiger partial charge on any atom is -0.399 e.